The molecule has 3 aromatic rings. The highest BCUT2D eigenvalue weighted by molar-refractivity contribution is 6.30. The van der Waals surface area contributed by atoms with E-state index in [-0.39, 0.29) is 18.0 Å². The van der Waals surface area contributed by atoms with E-state index in [1.165, 1.54) is 0 Å². The number of nitrogens with one attached hydrogen (secondary N) is 1. The summed E-state index contributed by atoms with van der Waals surface area (Å²) in [7, 11) is 0. The normalized spacial score (nSPS) is 10.6. The number of benzene rings is 2. The lowest BCUT2D eigenvalue weighted by molar-refractivity contribution is -0.122. The number of carbonyl (C=O) groups excluding carboxylic acids is 1. The van der Waals surface area contributed by atoms with Crippen LogP contribution in [0, 0.1) is 0 Å². The second-order valence-corrected chi connectivity index (χ2v) is 5.66. The van der Waals surface area contributed by atoms with E-state index in [1.807, 2.05) is 0 Å². The average Bonchev–Trinajstić information content (AvgIpc) is 2.63. The third-order valence-electron chi connectivity index (χ3n) is 3.43. The number of rotatable bonds is 6. The average molecular weight is 359 g/mol. The van der Waals surface area contributed by atoms with Crippen LogP contribution in [0.2, 0.25) is 5.02 Å². The lowest BCUT2D eigenvalue weighted by Crippen LogP contribution is -2.36. The predicted octanol–water partition coefficient (Wildman–Crippen LogP) is 1.64. The molecule has 8 heteroatoms. The number of halogens is 1. The smallest absolute Gasteiger partial charge is 0.278 e. The van der Waals surface area contributed by atoms with E-state index >= 15 is 0 Å². The Balaban J connectivity index is 1.52. The SMILES string of the molecule is O=C(Cn1nnc2ccccc2c1=O)NCCOc1ccc(Cl)cc1. The second kappa shape index (κ2) is 7.76. The van der Waals surface area contributed by atoms with Crippen LogP contribution in [-0.2, 0) is 11.3 Å². The Morgan fingerprint density at radius 3 is 2.72 bits per heavy atom. The lowest BCUT2D eigenvalue weighted by atomic mass is 10.2. The lowest BCUT2D eigenvalue weighted by Gasteiger charge is -2.08. The highest BCUT2D eigenvalue weighted by Gasteiger charge is 2.09. The molecule has 0 saturated heterocycles. The van der Waals surface area contributed by atoms with Gasteiger partial charge in [0.25, 0.3) is 5.56 Å². The molecule has 0 atom stereocenters. The standard InChI is InChI=1S/C17H15ClN4O3/c18-12-5-7-13(8-6-12)25-10-9-19-16(23)11-22-17(24)14-3-1-2-4-15(14)20-21-22/h1-8H,9-11H2,(H,19,23). The molecule has 7 nitrogen and oxygen atoms in total. The molecular weight excluding hydrogens is 344 g/mol. The molecule has 0 aliphatic carbocycles. The van der Waals surface area contributed by atoms with E-state index in [1.54, 1.807) is 48.5 Å². The minimum Gasteiger partial charge on any atom is -0.492 e. The molecule has 2 aromatic carbocycles. The zero-order chi connectivity index (χ0) is 17.6. The minimum absolute atomic E-state index is 0.197. The van der Waals surface area contributed by atoms with Crippen LogP contribution in [0.1, 0.15) is 0 Å². The monoisotopic (exact) mass is 358 g/mol. The van der Waals surface area contributed by atoms with Gasteiger partial charge in [-0.1, -0.05) is 28.9 Å². The van der Waals surface area contributed by atoms with Crippen molar-refractivity contribution in [2.24, 2.45) is 0 Å². The number of hydrogen-bond donors (Lipinski definition) is 1. The Morgan fingerprint density at radius 1 is 1.16 bits per heavy atom. The van der Waals surface area contributed by atoms with Crippen molar-refractivity contribution in [1.29, 1.82) is 0 Å². The van der Waals surface area contributed by atoms with Crippen LogP contribution in [0.15, 0.2) is 53.3 Å². The van der Waals surface area contributed by atoms with Crippen LogP contribution < -0.4 is 15.6 Å². The van der Waals surface area contributed by atoms with Crippen molar-refractivity contribution in [2.45, 2.75) is 6.54 Å². The fourth-order valence-corrected chi connectivity index (χ4v) is 2.34. The van der Waals surface area contributed by atoms with Crippen molar-refractivity contribution in [3.63, 3.8) is 0 Å². The Hall–Kier alpha value is -2.93. The van der Waals surface area contributed by atoms with Crippen molar-refractivity contribution >= 4 is 28.4 Å². The molecule has 0 bridgehead atoms. The summed E-state index contributed by atoms with van der Waals surface area (Å²) < 4.78 is 6.51. The third kappa shape index (κ3) is 4.33. The fraction of sp³-hybridized carbons (Fsp3) is 0.176. The van der Waals surface area contributed by atoms with Crippen molar-refractivity contribution < 1.29 is 9.53 Å². The molecule has 0 unspecified atom stereocenters. The highest BCUT2D eigenvalue weighted by Crippen LogP contribution is 2.15. The fourth-order valence-electron chi connectivity index (χ4n) is 2.21. The first-order valence-electron chi connectivity index (χ1n) is 7.61. The van der Waals surface area contributed by atoms with Crippen LogP contribution in [0.5, 0.6) is 5.75 Å². The van der Waals surface area contributed by atoms with E-state index in [9.17, 15) is 9.59 Å². The van der Waals surface area contributed by atoms with Gasteiger partial charge in [-0.25, -0.2) is 4.68 Å². The van der Waals surface area contributed by atoms with E-state index < -0.39 is 0 Å². The Morgan fingerprint density at radius 2 is 1.92 bits per heavy atom. The van der Waals surface area contributed by atoms with Crippen LogP contribution in [0.4, 0.5) is 0 Å². The molecule has 3 rings (SSSR count). The largest absolute Gasteiger partial charge is 0.492 e. The van der Waals surface area contributed by atoms with Crippen LogP contribution in [-0.4, -0.2) is 34.1 Å². The Kier molecular flexibility index (Phi) is 5.25. The first-order chi connectivity index (χ1) is 12.1. The Bertz CT molecular complexity index is 941. The van der Waals surface area contributed by atoms with Crippen molar-refractivity contribution in [3.05, 3.63) is 63.9 Å². The first-order valence-corrected chi connectivity index (χ1v) is 7.99. The van der Waals surface area contributed by atoms with Gasteiger partial charge in [0.05, 0.1) is 11.9 Å². The molecule has 0 spiro atoms. The summed E-state index contributed by atoms with van der Waals surface area (Å²) in [6.07, 6.45) is 0. The van der Waals surface area contributed by atoms with Crippen LogP contribution in [0.3, 0.4) is 0 Å². The molecule has 1 aromatic heterocycles. The maximum atomic E-state index is 12.3. The molecule has 25 heavy (non-hydrogen) atoms. The van der Waals surface area contributed by atoms with Gasteiger partial charge in [-0.2, -0.15) is 0 Å². The summed E-state index contributed by atoms with van der Waals surface area (Å²) in [4.78, 5) is 24.2. The summed E-state index contributed by atoms with van der Waals surface area (Å²) in [6, 6.07) is 13.8. The van der Waals surface area contributed by atoms with Gasteiger partial charge in [0.15, 0.2) is 0 Å². The van der Waals surface area contributed by atoms with Gasteiger partial charge in [-0.15, -0.1) is 5.10 Å². The van der Waals surface area contributed by atoms with Gasteiger partial charge >= 0.3 is 0 Å². The van der Waals surface area contributed by atoms with Gasteiger partial charge in [-0.3, -0.25) is 9.59 Å². The molecule has 0 saturated carbocycles. The number of fused-ring (bicyclic) bond motifs is 1. The number of aromatic nitrogens is 3. The minimum atomic E-state index is -0.349. The number of hydrogen-bond acceptors (Lipinski definition) is 5. The van der Waals surface area contributed by atoms with E-state index in [2.05, 4.69) is 15.6 Å². The van der Waals surface area contributed by atoms with Crippen LogP contribution >= 0.6 is 11.6 Å². The number of amides is 1. The summed E-state index contributed by atoms with van der Waals surface area (Å²) in [6.45, 7) is 0.403. The summed E-state index contributed by atoms with van der Waals surface area (Å²) in [5, 5.41) is 11.4. The molecule has 1 heterocycles. The van der Waals surface area contributed by atoms with Crippen molar-refractivity contribution in [1.82, 2.24) is 20.3 Å². The summed E-state index contributed by atoms with van der Waals surface area (Å²) >= 11 is 5.79. The van der Waals surface area contributed by atoms with Gasteiger partial charge in [0.2, 0.25) is 5.91 Å². The predicted molar refractivity (Wildman–Crippen MR) is 93.8 cm³/mol. The van der Waals surface area contributed by atoms with Gasteiger partial charge in [0.1, 0.15) is 24.4 Å². The van der Waals surface area contributed by atoms with Gasteiger partial charge in [-0.05, 0) is 36.4 Å². The summed E-state index contributed by atoms with van der Waals surface area (Å²) in [5.41, 5.74) is 0.152. The molecule has 0 radical (unpaired) electrons. The van der Waals surface area contributed by atoms with Crippen LogP contribution in [0.25, 0.3) is 10.9 Å². The van der Waals surface area contributed by atoms with E-state index in [0.717, 1.165) is 4.68 Å². The number of nitrogens with zero attached hydrogens (tertiary/aromatic N) is 3. The quantitative estimate of drug-likeness (QED) is 0.677. The maximum absolute atomic E-state index is 12.3. The number of ether oxygens (including phenoxy) is 1. The molecule has 1 N–H and O–H groups in total. The Labute approximate surface area is 148 Å². The van der Waals surface area contributed by atoms with Gasteiger partial charge in [0, 0.05) is 5.02 Å². The zero-order valence-electron chi connectivity index (χ0n) is 13.2. The zero-order valence-corrected chi connectivity index (χ0v) is 13.9. The van der Waals surface area contributed by atoms with Gasteiger partial charge < -0.3 is 10.1 Å². The number of carbonyl (C=O) groups is 1. The van der Waals surface area contributed by atoms with Crippen molar-refractivity contribution in [2.75, 3.05) is 13.2 Å². The van der Waals surface area contributed by atoms with E-state index in [4.69, 9.17) is 16.3 Å². The first kappa shape index (κ1) is 16.9. The second-order valence-electron chi connectivity index (χ2n) is 5.22. The molecule has 1 amide bonds. The molecule has 0 aliphatic heterocycles. The molecule has 0 fully saturated rings. The molecule has 0 aliphatic rings. The summed E-state index contributed by atoms with van der Waals surface area (Å²) in [5.74, 6) is 0.321. The van der Waals surface area contributed by atoms with E-state index in [0.29, 0.717) is 34.8 Å². The third-order valence-corrected chi connectivity index (χ3v) is 3.68. The molecular formula is C17H15ClN4O3. The highest BCUT2D eigenvalue weighted by atomic mass is 35.5. The molecule has 128 valence electrons. The van der Waals surface area contributed by atoms with Crippen molar-refractivity contribution in [3.8, 4) is 5.75 Å². The maximum Gasteiger partial charge on any atom is 0.278 e. The topological polar surface area (TPSA) is 86.1 Å².